The quantitative estimate of drug-likeness (QED) is 0.720. The molecule has 3 N–H and O–H groups in total. The van der Waals surface area contributed by atoms with Crippen LogP contribution in [0.5, 0.6) is 0 Å². The summed E-state index contributed by atoms with van der Waals surface area (Å²) < 4.78 is 1.55. The van der Waals surface area contributed by atoms with Gasteiger partial charge in [-0.3, -0.25) is 4.79 Å². The van der Waals surface area contributed by atoms with Crippen LogP contribution < -0.4 is 11.1 Å². The van der Waals surface area contributed by atoms with Gasteiger partial charge in [0.2, 0.25) is 0 Å². The fraction of sp³-hybridized carbons (Fsp3) is 0.286. The highest BCUT2D eigenvalue weighted by atomic mass is 16.2. The van der Waals surface area contributed by atoms with Crippen LogP contribution in [0.1, 0.15) is 52.5 Å². The monoisotopic (exact) mass is 363 g/mol. The molecule has 0 bridgehead atoms. The summed E-state index contributed by atoms with van der Waals surface area (Å²) in [4.78, 5) is 12.5. The molecule has 0 fully saturated rings. The van der Waals surface area contributed by atoms with E-state index < -0.39 is 0 Å². The van der Waals surface area contributed by atoms with Crippen LogP contribution in [0, 0.1) is 13.8 Å². The van der Waals surface area contributed by atoms with Crippen molar-refractivity contribution in [2.75, 3.05) is 11.1 Å². The Hall–Kier alpha value is -3.15. The van der Waals surface area contributed by atoms with Gasteiger partial charge in [0.1, 0.15) is 0 Å². The van der Waals surface area contributed by atoms with Crippen molar-refractivity contribution >= 4 is 17.4 Å². The average molecular weight is 363 g/mol. The maximum atomic E-state index is 12.5. The molecule has 140 valence electrons. The molecule has 3 rings (SSSR count). The molecule has 0 saturated heterocycles. The molecule has 27 heavy (non-hydrogen) atoms. The molecular formula is C21H25N5O. The molecule has 1 heterocycles. The van der Waals surface area contributed by atoms with Gasteiger partial charge in [-0.1, -0.05) is 55.0 Å². The lowest BCUT2D eigenvalue weighted by atomic mass is 10.0. The second-order valence-corrected chi connectivity index (χ2v) is 7.14. The largest absolute Gasteiger partial charge is 0.382 e. The van der Waals surface area contributed by atoms with Crippen LogP contribution in [0.15, 0.2) is 42.5 Å². The summed E-state index contributed by atoms with van der Waals surface area (Å²) in [6.45, 7) is 8.81. The molecule has 1 aromatic heterocycles. The van der Waals surface area contributed by atoms with E-state index in [0.29, 0.717) is 18.2 Å². The van der Waals surface area contributed by atoms with Crippen molar-refractivity contribution < 1.29 is 4.79 Å². The number of nitrogens with one attached hydrogen (secondary N) is 1. The Labute approximate surface area is 159 Å². The number of nitrogens with zero attached hydrogens (tertiary/aromatic N) is 3. The molecule has 0 unspecified atom stereocenters. The number of nitrogen functional groups attached to an aromatic ring is 1. The first kappa shape index (κ1) is 18.6. The molecule has 0 spiro atoms. The van der Waals surface area contributed by atoms with E-state index in [1.165, 1.54) is 5.56 Å². The van der Waals surface area contributed by atoms with E-state index in [-0.39, 0.29) is 17.4 Å². The minimum atomic E-state index is -0.364. The lowest BCUT2D eigenvalue weighted by Crippen LogP contribution is -2.15. The van der Waals surface area contributed by atoms with Crippen LogP contribution in [-0.4, -0.2) is 20.9 Å². The third-order valence-electron chi connectivity index (χ3n) is 4.65. The zero-order valence-electron chi connectivity index (χ0n) is 16.2. The smallest absolute Gasteiger partial charge is 0.280 e. The fourth-order valence-corrected chi connectivity index (χ4v) is 2.87. The van der Waals surface area contributed by atoms with Crippen LogP contribution in [-0.2, 0) is 6.54 Å². The maximum Gasteiger partial charge on any atom is 0.280 e. The van der Waals surface area contributed by atoms with Crippen LogP contribution in [0.3, 0.4) is 0 Å². The van der Waals surface area contributed by atoms with Crippen molar-refractivity contribution in [1.82, 2.24) is 15.0 Å². The second kappa shape index (κ2) is 7.61. The van der Waals surface area contributed by atoms with E-state index in [1.54, 1.807) is 4.68 Å². The number of amides is 1. The van der Waals surface area contributed by atoms with Crippen LogP contribution in [0.2, 0.25) is 0 Å². The molecule has 0 radical (unpaired) electrons. The summed E-state index contributed by atoms with van der Waals surface area (Å²) >= 11 is 0. The Morgan fingerprint density at radius 3 is 2.52 bits per heavy atom. The van der Waals surface area contributed by atoms with Crippen molar-refractivity contribution in [2.24, 2.45) is 0 Å². The third-order valence-corrected chi connectivity index (χ3v) is 4.65. The molecule has 6 nitrogen and oxygen atoms in total. The van der Waals surface area contributed by atoms with Gasteiger partial charge in [-0.2, -0.15) is 0 Å². The van der Waals surface area contributed by atoms with Crippen molar-refractivity contribution in [2.45, 2.75) is 40.2 Å². The number of aromatic nitrogens is 3. The SMILES string of the molecule is Cc1ccc(C)c(Cn2nnc(C(=O)Nc3ccc(C(C)C)cc3)c2N)c1. The van der Waals surface area contributed by atoms with Gasteiger partial charge in [-0.25, -0.2) is 4.68 Å². The van der Waals surface area contributed by atoms with Crippen molar-refractivity contribution in [1.29, 1.82) is 0 Å². The predicted molar refractivity (Wildman–Crippen MR) is 108 cm³/mol. The Bertz CT molecular complexity index is 957. The highest BCUT2D eigenvalue weighted by Crippen LogP contribution is 2.19. The number of carbonyl (C=O) groups is 1. The zero-order chi connectivity index (χ0) is 19.6. The Balaban J connectivity index is 1.76. The fourth-order valence-electron chi connectivity index (χ4n) is 2.87. The molecule has 0 saturated carbocycles. The van der Waals surface area contributed by atoms with Gasteiger partial charge >= 0.3 is 0 Å². The van der Waals surface area contributed by atoms with Crippen molar-refractivity contribution in [3.8, 4) is 0 Å². The van der Waals surface area contributed by atoms with E-state index in [0.717, 1.165) is 16.7 Å². The number of carbonyl (C=O) groups excluding carboxylic acids is 1. The van der Waals surface area contributed by atoms with Gasteiger partial charge in [0.25, 0.3) is 5.91 Å². The van der Waals surface area contributed by atoms with Gasteiger partial charge in [-0.15, -0.1) is 5.10 Å². The van der Waals surface area contributed by atoms with Gasteiger partial charge in [0.15, 0.2) is 11.5 Å². The summed E-state index contributed by atoms with van der Waals surface area (Å²) in [5.74, 6) is 0.333. The molecule has 0 aliphatic rings. The van der Waals surface area contributed by atoms with E-state index in [2.05, 4.69) is 47.7 Å². The maximum absolute atomic E-state index is 12.5. The minimum Gasteiger partial charge on any atom is -0.382 e. The highest BCUT2D eigenvalue weighted by Gasteiger charge is 2.18. The molecule has 0 aliphatic heterocycles. The summed E-state index contributed by atoms with van der Waals surface area (Å²) in [5.41, 5.74) is 11.6. The first-order chi connectivity index (χ1) is 12.8. The van der Waals surface area contributed by atoms with E-state index in [1.807, 2.05) is 38.1 Å². The van der Waals surface area contributed by atoms with Crippen LogP contribution in [0.25, 0.3) is 0 Å². The molecular weight excluding hydrogens is 338 g/mol. The topological polar surface area (TPSA) is 85.8 Å². The third kappa shape index (κ3) is 4.16. The van der Waals surface area contributed by atoms with Crippen molar-refractivity contribution in [3.63, 3.8) is 0 Å². The number of benzene rings is 2. The summed E-state index contributed by atoms with van der Waals surface area (Å²) in [5, 5.41) is 10.9. The predicted octanol–water partition coefficient (Wildman–Crippen LogP) is 3.90. The number of hydrogen-bond acceptors (Lipinski definition) is 4. The lowest BCUT2D eigenvalue weighted by molar-refractivity contribution is 0.102. The summed E-state index contributed by atoms with van der Waals surface area (Å²) in [6.07, 6.45) is 0. The standard InChI is InChI=1S/C21H25N5O/c1-13(2)16-7-9-18(10-8-16)23-21(27)19-20(22)26(25-24-19)12-17-11-14(3)5-6-15(17)4/h5-11,13H,12,22H2,1-4H3,(H,23,27). The first-order valence-corrected chi connectivity index (χ1v) is 9.01. The number of aryl methyl sites for hydroxylation is 2. The highest BCUT2D eigenvalue weighted by molar-refractivity contribution is 6.05. The molecule has 0 aliphatic carbocycles. The van der Waals surface area contributed by atoms with Crippen LogP contribution >= 0.6 is 0 Å². The van der Waals surface area contributed by atoms with Gasteiger partial charge < -0.3 is 11.1 Å². The number of hydrogen-bond donors (Lipinski definition) is 2. The average Bonchev–Trinajstić information content (AvgIpc) is 2.99. The van der Waals surface area contributed by atoms with Gasteiger partial charge in [0.05, 0.1) is 6.54 Å². The molecule has 6 heteroatoms. The Morgan fingerprint density at radius 1 is 1.15 bits per heavy atom. The number of rotatable bonds is 5. The van der Waals surface area contributed by atoms with Crippen molar-refractivity contribution in [3.05, 3.63) is 70.4 Å². The minimum absolute atomic E-state index is 0.133. The Kier molecular flexibility index (Phi) is 5.26. The molecule has 2 aromatic carbocycles. The van der Waals surface area contributed by atoms with E-state index in [4.69, 9.17) is 5.73 Å². The van der Waals surface area contributed by atoms with E-state index in [9.17, 15) is 4.79 Å². The van der Waals surface area contributed by atoms with Gasteiger partial charge in [0, 0.05) is 5.69 Å². The number of anilines is 2. The normalized spacial score (nSPS) is 11.0. The van der Waals surface area contributed by atoms with Gasteiger partial charge in [-0.05, 0) is 48.6 Å². The number of nitrogens with two attached hydrogens (primary N) is 1. The lowest BCUT2D eigenvalue weighted by Gasteiger charge is -2.09. The molecule has 3 aromatic rings. The molecule has 0 atom stereocenters. The summed E-state index contributed by atoms with van der Waals surface area (Å²) in [7, 11) is 0. The summed E-state index contributed by atoms with van der Waals surface area (Å²) in [6, 6.07) is 14.0. The second-order valence-electron chi connectivity index (χ2n) is 7.14. The zero-order valence-corrected chi connectivity index (χ0v) is 16.2. The van der Waals surface area contributed by atoms with E-state index >= 15 is 0 Å². The Morgan fingerprint density at radius 2 is 1.85 bits per heavy atom. The van der Waals surface area contributed by atoms with Crippen LogP contribution in [0.4, 0.5) is 11.5 Å². The molecule has 1 amide bonds. The first-order valence-electron chi connectivity index (χ1n) is 9.01.